The second-order valence-electron chi connectivity index (χ2n) is 5.86. The number of rotatable bonds is 9. The molecule has 0 N–H and O–H groups in total. The van der Waals surface area contributed by atoms with E-state index in [1.54, 1.807) is 56.7 Å². The van der Waals surface area contributed by atoms with Gasteiger partial charge < -0.3 is 18.9 Å². The molecule has 0 aliphatic heterocycles. The van der Waals surface area contributed by atoms with Gasteiger partial charge in [-0.15, -0.1) is 0 Å². The van der Waals surface area contributed by atoms with Crippen LogP contribution in [0.2, 0.25) is 0 Å². The molecule has 0 unspecified atom stereocenters. The van der Waals surface area contributed by atoms with E-state index >= 15 is 0 Å². The van der Waals surface area contributed by atoms with Crippen molar-refractivity contribution >= 4 is 17.8 Å². The van der Waals surface area contributed by atoms with Gasteiger partial charge in [0.2, 0.25) is 0 Å². The second-order valence-corrected chi connectivity index (χ2v) is 5.86. The van der Waals surface area contributed by atoms with Crippen LogP contribution in [0.1, 0.15) is 35.3 Å². The Morgan fingerprint density at radius 1 is 1.00 bits per heavy atom. The molecule has 0 spiro atoms. The van der Waals surface area contributed by atoms with Crippen molar-refractivity contribution in [1.82, 2.24) is 0 Å². The van der Waals surface area contributed by atoms with Gasteiger partial charge in [-0.1, -0.05) is 0 Å². The van der Waals surface area contributed by atoms with Crippen molar-refractivity contribution in [3.05, 3.63) is 59.2 Å². The fourth-order valence-electron chi connectivity index (χ4n) is 2.53. The lowest BCUT2D eigenvalue weighted by atomic mass is 10.1. The van der Waals surface area contributed by atoms with E-state index in [-0.39, 0.29) is 12.4 Å². The first-order valence-electron chi connectivity index (χ1n) is 8.82. The summed E-state index contributed by atoms with van der Waals surface area (Å²) in [6.07, 6.45) is 2.91. The normalized spacial score (nSPS) is 10.6. The number of methoxy groups -OCH3 is 2. The van der Waals surface area contributed by atoms with Gasteiger partial charge in [0.25, 0.3) is 0 Å². The number of benzene rings is 2. The molecule has 2 aromatic carbocycles. The summed E-state index contributed by atoms with van der Waals surface area (Å²) in [4.78, 5) is 23.7. The first-order chi connectivity index (χ1) is 13.5. The van der Waals surface area contributed by atoms with E-state index in [2.05, 4.69) is 0 Å². The van der Waals surface area contributed by atoms with Gasteiger partial charge in [-0.3, -0.25) is 4.79 Å². The molecule has 0 bridgehead atoms. The SMILES string of the molecule is CCOc1ccc(C(C)=O)cc1COC(=O)C=Cc1cc(OC)ccc1OC. The van der Waals surface area contributed by atoms with Gasteiger partial charge in [-0.05, 0) is 56.3 Å². The van der Waals surface area contributed by atoms with Gasteiger partial charge in [-0.2, -0.15) is 0 Å². The molecule has 0 amide bonds. The number of carbonyl (C=O) groups is 2. The van der Waals surface area contributed by atoms with Crippen LogP contribution in [0.4, 0.5) is 0 Å². The zero-order valence-electron chi connectivity index (χ0n) is 16.5. The standard InChI is InChI=1S/C22H24O6/c1-5-27-21-9-6-16(15(2)23)12-18(21)14-28-22(24)11-7-17-13-19(25-3)8-10-20(17)26-4/h6-13H,5,14H2,1-4H3. The van der Waals surface area contributed by atoms with Crippen molar-refractivity contribution < 1.29 is 28.5 Å². The van der Waals surface area contributed by atoms with Crippen molar-refractivity contribution in [1.29, 1.82) is 0 Å². The zero-order valence-corrected chi connectivity index (χ0v) is 16.5. The van der Waals surface area contributed by atoms with Gasteiger partial charge in [0.05, 0.1) is 20.8 Å². The van der Waals surface area contributed by atoms with Gasteiger partial charge in [0, 0.05) is 22.8 Å². The highest BCUT2D eigenvalue weighted by Crippen LogP contribution is 2.25. The summed E-state index contributed by atoms with van der Waals surface area (Å²) in [6, 6.07) is 10.4. The number of hydrogen-bond acceptors (Lipinski definition) is 6. The van der Waals surface area contributed by atoms with E-state index in [4.69, 9.17) is 18.9 Å². The predicted octanol–water partition coefficient (Wildman–Crippen LogP) is 4.06. The molecule has 0 saturated heterocycles. The Morgan fingerprint density at radius 3 is 2.39 bits per heavy atom. The summed E-state index contributed by atoms with van der Waals surface area (Å²) in [6.45, 7) is 3.80. The molecule has 6 heteroatoms. The molecule has 0 aliphatic rings. The molecule has 0 saturated carbocycles. The van der Waals surface area contributed by atoms with Gasteiger partial charge in [0.15, 0.2) is 5.78 Å². The third-order valence-corrected chi connectivity index (χ3v) is 3.97. The first kappa shape index (κ1) is 21.0. The number of carbonyl (C=O) groups excluding carboxylic acids is 2. The Balaban J connectivity index is 2.11. The topological polar surface area (TPSA) is 71.1 Å². The van der Waals surface area contributed by atoms with E-state index in [0.717, 1.165) is 0 Å². The van der Waals surface area contributed by atoms with Crippen LogP contribution < -0.4 is 14.2 Å². The number of Topliss-reactive ketones (excluding diaryl/α,β-unsaturated/α-hetero) is 1. The highest BCUT2D eigenvalue weighted by Gasteiger charge is 2.10. The molecule has 0 fully saturated rings. The smallest absolute Gasteiger partial charge is 0.331 e. The quantitative estimate of drug-likeness (QED) is 0.369. The molecule has 2 rings (SSSR count). The molecule has 0 radical (unpaired) electrons. The van der Waals surface area contributed by atoms with Gasteiger partial charge in [0.1, 0.15) is 23.9 Å². The predicted molar refractivity (Wildman–Crippen MR) is 106 cm³/mol. The molecular weight excluding hydrogens is 360 g/mol. The molecule has 6 nitrogen and oxygen atoms in total. The summed E-state index contributed by atoms with van der Waals surface area (Å²) in [5.74, 6) is 1.24. The van der Waals surface area contributed by atoms with Crippen molar-refractivity contribution in [2.24, 2.45) is 0 Å². The van der Waals surface area contributed by atoms with Crippen molar-refractivity contribution in [3.63, 3.8) is 0 Å². The average Bonchev–Trinajstić information content (AvgIpc) is 2.71. The summed E-state index contributed by atoms with van der Waals surface area (Å²) in [5.41, 5.74) is 1.86. The third-order valence-electron chi connectivity index (χ3n) is 3.97. The van der Waals surface area contributed by atoms with Crippen LogP contribution in [-0.2, 0) is 16.1 Å². The summed E-state index contributed by atoms with van der Waals surface area (Å²) in [5, 5.41) is 0. The van der Waals surface area contributed by atoms with Crippen LogP contribution in [0.5, 0.6) is 17.2 Å². The highest BCUT2D eigenvalue weighted by atomic mass is 16.5. The van der Waals surface area contributed by atoms with Gasteiger partial charge >= 0.3 is 5.97 Å². The fraction of sp³-hybridized carbons (Fsp3) is 0.273. The van der Waals surface area contributed by atoms with Crippen molar-refractivity contribution in [2.45, 2.75) is 20.5 Å². The van der Waals surface area contributed by atoms with Crippen LogP contribution in [0.3, 0.4) is 0 Å². The maximum absolute atomic E-state index is 12.1. The van der Waals surface area contributed by atoms with E-state index in [1.807, 2.05) is 6.92 Å². The lowest BCUT2D eigenvalue weighted by Gasteiger charge is -2.11. The summed E-state index contributed by atoms with van der Waals surface area (Å²) < 4.78 is 21.3. The Labute approximate surface area is 164 Å². The minimum Gasteiger partial charge on any atom is -0.497 e. The van der Waals surface area contributed by atoms with Crippen LogP contribution in [0.25, 0.3) is 6.08 Å². The molecule has 2 aromatic rings. The first-order valence-corrected chi connectivity index (χ1v) is 8.82. The number of esters is 1. The van der Waals surface area contributed by atoms with E-state index in [1.165, 1.54) is 13.0 Å². The van der Waals surface area contributed by atoms with Crippen LogP contribution in [0.15, 0.2) is 42.5 Å². The highest BCUT2D eigenvalue weighted by molar-refractivity contribution is 5.94. The molecule has 148 valence electrons. The fourth-order valence-corrected chi connectivity index (χ4v) is 2.53. The summed E-state index contributed by atoms with van der Waals surface area (Å²) in [7, 11) is 3.11. The van der Waals surface area contributed by atoms with E-state index < -0.39 is 5.97 Å². The van der Waals surface area contributed by atoms with Crippen LogP contribution in [0, 0.1) is 0 Å². The molecule has 0 aromatic heterocycles. The zero-order chi connectivity index (χ0) is 20.5. The van der Waals surface area contributed by atoms with Crippen molar-refractivity contribution in [2.75, 3.05) is 20.8 Å². The van der Waals surface area contributed by atoms with E-state index in [0.29, 0.717) is 40.5 Å². The number of ether oxygens (including phenoxy) is 4. The Hall–Kier alpha value is -3.28. The Bertz CT molecular complexity index is 869. The third kappa shape index (κ3) is 5.61. The number of hydrogen-bond donors (Lipinski definition) is 0. The van der Waals surface area contributed by atoms with Crippen molar-refractivity contribution in [3.8, 4) is 17.2 Å². The molecular formula is C22H24O6. The monoisotopic (exact) mass is 384 g/mol. The maximum Gasteiger partial charge on any atom is 0.331 e. The van der Waals surface area contributed by atoms with E-state index in [9.17, 15) is 9.59 Å². The minimum absolute atomic E-state index is 0.00509. The van der Waals surface area contributed by atoms with Crippen LogP contribution in [-0.4, -0.2) is 32.6 Å². The minimum atomic E-state index is -0.527. The second kappa shape index (κ2) is 10.2. The molecule has 28 heavy (non-hydrogen) atoms. The molecule has 0 atom stereocenters. The maximum atomic E-state index is 12.1. The largest absolute Gasteiger partial charge is 0.497 e. The number of ketones is 1. The lowest BCUT2D eigenvalue weighted by Crippen LogP contribution is -2.05. The van der Waals surface area contributed by atoms with Gasteiger partial charge in [-0.25, -0.2) is 4.79 Å². The van der Waals surface area contributed by atoms with Crippen LogP contribution >= 0.6 is 0 Å². The molecule has 0 aliphatic carbocycles. The molecule has 0 heterocycles. The lowest BCUT2D eigenvalue weighted by molar-refractivity contribution is -0.138. The summed E-state index contributed by atoms with van der Waals surface area (Å²) >= 11 is 0. The Morgan fingerprint density at radius 2 is 1.75 bits per heavy atom. The average molecular weight is 384 g/mol. The Kier molecular flexibility index (Phi) is 7.63.